The Kier molecular flexibility index (Phi) is 16.0. The van der Waals surface area contributed by atoms with Crippen LogP contribution in [0.1, 0.15) is 58.8 Å². The Labute approximate surface area is 296 Å². The van der Waals surface area contributed by atoms with Crippen molar-refractivity contribution < 1.29 is 23.1 Å². The SMILES string of the molecule is CCCCN(CCc1ccccc1)Cc1ccc(C(=O)N[C@@H](CCSC)C(=O)O)c(-c2ccccc2C)c1.Cc1ccc(S(N)(=O)=O)cc1. The van der Waals surface area contributed by atoms with E-state index in [1.165, 1.54) is 17.7 Å². The Bertz CT molecular complexity index is 1750. The van der Waals surface area contributed by atoms with Gasteiger partial charge in [0, 0.05) is 18.7 Å². The Morgan fingerprint density at radius 2 is 1.55 bits per heavy atom. The van der Waals surface area contributed by atoms with Crippen molar-refractivity contribution >= 4 is 33.7 Å². The monoisotopic (exact) mass is 703 g/mol. The van der Waals surface area contributed by atoms with Crippen molar-refractivity contribution in [2.45, 2.75) is 63.9 Å². The average molecular weight is 704 g/mol. The zero-order valence-corrected chi connectivity index (χ0v) is 30.5. The van der Waals surface area contributed by atoms with Crippen LogP contribution in [0.5, 0.6) is 0 Å². The highest BCUT2D eigenvalue weighted by molar-refractivity contribution is 7.98. The molecule has 4 aromatic rings. The molecule has 0 aliphatic heterocycles. The molecule has 0 aromatic heterocycles. The van der Waals surface area contributed by atoms with Crippen LogP contribution in [0.3, 0.4) is 0 Å². The van der Waals surface area contributed by atoms with Gasteiger partial charge in [-0.15, -0.1) is 0 Å². The quantitative estimate of drug-likeness (QED) is 0.114. The Balaban J connectivity index is 0.000000501. The first-order valence-electron chi connectivity index (χ1n) is 16.5. The van der Waals surface area contributed by atoms with Gasteiger partial charge in [0.15, 0.2) is 0 Å². The molecule has 4 aromatic carbocycles. The molecule has 0 radical (unpaired) electrons. The maximum absolute atomic E-state index is 13.4. The predicted octanol–water partition coefficient (Wildman–Crippen LogP) is 7.09. The van der Waals surface area contributed by atoms with Crippen LogP contribution in [0.2, 0.25) is 0 Å². The number of sulfonamides is 1. The second-order valence-electron chi connectivity index (χ2n) is 12.1. The number of carboxylic acids is 1. The fourth-order valence-electron chi connectivity index (χ4n) is 5.28. The van der Waals surface area contributed by atoms with Crippen molar-refractivity contribution in [3.8, 4) is 11.1 Å². The molecule has 8 nitrogen and oxygen atoms in total. The summed E-state index contributed by atoms with van der Waals surface area (Å²) in [5.41, 5.74) is 6.88. The van der Waals surface area contributed by atoms with Gasteiger partial charge in [-0.1, -0.05) is 91.7 Å². The summed E-state index contributed by atoms with van der Waals surface area (Å²) in [6.45, 7) is 8.90. The van der Waals surface area contributed by atoms with E-state index < -0.39 is 22.0 Å². The summed E-state index contributed by atoms with van der Waals surface area (Å²) in [5.74, 6) is -0.695. The Hall–Kier alpha value is -3.96. The van der Waals surface area contributed by atoms with Gasteiger partial charge in [-0.25, -0.2) is 18.4 Å². The van der Waals surface area contributed by atoms with Crippen LogP contribution in [-0.4, -0.2) is 61.4 Å². The van der Waals surface area contributed by atoms with Crippen LogP contribution in [0.4, 0.5) is 0 Å². The Morgan fingerprint density at radius 3 is 2.16 bits per heavy atom. The number of hydrogen-bond donors (Lipinski definition) is 3. The van der Waals surface area contributed by atoms with E-state index in [9.17, 15) is 23.1 Å². The third-order valence-electron chi connectivity index (χ3n) is 8.12. The maximum atomic E-state index is 13.4. The largest absolute Gasteiger partial charge is 0.480 e. The number of aliphatic carboxylic acids is 1. The second-order valence-corrected chi connectivity index (χ2v) is 14.6. The first-order chi connectivity index (χ1) is 23.4. The van der Waals surface area contributed by atoms with Gasteiger partial charge in [0.1, 0.15) is 6.04 Å². The first-order valence-corrected chi connectivity index (χ1v) is 19.4. The molecule has 0 saturated carbocycles. The topological polar surface area (TPSA) is 130 Å². The molecule has 0 heterocycles. The van der Waals surface area contributed by atoms with E-state index in [2.05, 4.69) is 47.5 Å². The minimum atomic E-state index is -3.52. The molecule has 0 fully saturated rings. The van der Waals surface area contributed by atoms with Crippen LogP contribution in [0.25, 0.3) is 11.1 Å². The normalized spacial score (nSPS) is 11.8. The molecule has 0 unspecified atom stereocenters. The number of primary sulfonamides is 1. The van der Waals surface area contributed by atoms with Crippen LogP contribution in [0.15, 0.2) is 102 Å². The Morgan fingerprint density at radius 1 is 0.878 bits per heavy atom. The van der Waals surface area contributed by atoms with Crippen LogP contribution < -0.4 is 10.5 Å². The van der Waals surface area contributed by atoms with Crippen LogP contribution in [-0.2, 0) is 27.8 Å². The van der Waals surface area contributed by atoms with E-state index in [-0.39, 0.29) is 10.8 Å². The van der Waals surface area contributed by atoms with Crippen LogP contribution >= 0.6 is 11.8 Å². The molecule has 0 saturated heterocycles. The van der Waals surface area contributed by atoms with Gasteiger partial charge in [0.25, 0.3) is 5.91 Å². The van der Waals surface area contributed by atoms with Gasteiger partial charge in [0.2, 0.25) is 10.0 Å². The molecular formula is C39H49N3O5S2. The minimum Gasteiger partial charge on any atom is -0.480 e. The number of nitrogens with one attached hydrogen (secondary N) is 1. The van der Waals surface area contributed by atoms with Gasteiger partial charge in [-0.3, -0.25) is 9.69 Å². The smallest absolute Gasteiger partial charge is 0.326 e. The van der Waals surface area contributed by atoms with E-state index in [4.69, 9.17) is 5.14 Å². The number of nitrogens with two attached hydrogens (primary N) is 1. The third kappa shape index (κ3) is 13.1. The summed E-state index contributed by atoms with van der Waals surface area (Å²) in [5, 5.41) is 17.3. The fourth-order valence-corrected chi connectivity index (χ4v) is 6.27. The molecular weight excluding hydrogens is 655 g/mol. The van der Waals surface area contributed by atoms with Crippen molar-refractivity contribution in [1.82, 2.24) is 10.2 Å². The second kappa shape index (κ2) is 19.9. The highest BCUT2D eigenvalue weighted by atomic mass is 32.2. The molecule has 4 rings (SSSR count). The van der Waals surface area contributed by atoms with E-state index >= 15 is 0 Å². The molecule has 0 spiro atoms. The average Bonchev–Trinajstić information content (AvgIpc) is 3.08. The summed E-state index contributed by atoms with van der Waals surface area (Å²) >= 11 is 1.57. The molecule has 1 atom stereocenters. The fraction of sp³-hybridized carbons (Fsp3) is 0.333. The summed E-state index contributed by atoms with van der Waals surface area (Å²) in [6, 6.07) is 30.0. The first kappa shape index (κ1) is 39.5. The highest BCUT2D eigenvalue weighted by Crippen LogP contribution is 2.29. The lowest BCUT2D eigenvalue weighted by Crippen LogP contribution is -2.41. The van der Waals surface area contributed by atoms with Gasteiger partial charge in [-0.2, -0.15) is 11.8 Å². The standard InChI is InChI=1S/C32H40N2O3S.C7H9NO2S/c1-4-5-19-34(20-17-25-12-7-6-8-13-25)23-26-15-16-28(29(22-26)27-14-10-9-11-24(27)2)31(35)33-30(32(36)37)18-21-38-3;1-6-2-4-7(5-3-6)11(8,9)10/h6-16,22,30H,4-5,17-21,23H2,1-3H3,(H,33,35)(H,36,37);2-5H,1H3,(H2,8,9,10)/t30-;/m0./s1. The number of unbranched alkanes of at least 4 members (excludes halogenated alkanes) is 1. The lowest BCUT2D eigenvalue weighted by atomic mass is 9.93. The maximum Gasteiger partial charge on any atom is 0.326 e. The van der Waals surface area contributed by atoms with E-state index in [1.807, 2.05) is 62.6 Å². The highest BCUT2D eigenvalue weighted by Gasteiger charge is 2.23. The molecule has 0 aliphatic rings. The lowest BCUT2D eigenvalue weighted by molar-refractivity contribution is -0.139. The van der Waals surface area contributed by atoms with Crippen molar-refractivity contribution in [1.29, 1.82) is 0 Å². The van der Waals surface area contributed by atoms with Gasteiger partial charge >= 0.3 is 5.97 Å². The van der Waals surface area contributed by atoms with Crippen molar-refractivity contribution in [3.05, 3.63) is 125 Å². The molecule has 0 aliphatic carbocycles. The van der Waals surface area contributed by atoms with Gasteiger partial charge < -0.3 is 10.4 Å². The number of carbonyl (C=O) groups excluding carboxylic acids is 1. The number of benzene rings is 4. The number of amides is 1. The summed E-state index contributed by atoms with van der Waals surface area (Å²) in [7, 11) is -3.52. The van der Waals surface area contributed by atoms with E-state index in [1.54, 1.807) is 23.9 Å². The number of thioether (sulfide) groups is 1. The predicted molar refractivity (Wildman–Crippen MR) is 201 cm³/mol. The zero-order valence-electron chi connectivity index (χ0n) is 28.9. The molecule has 1 amide bonds. The minimum absolute atomic E-state index is 0.156. The summed E-state index contributed by atoms with van der Waals surface area (Å²) < 4.78 is 21.4. The number of rotatable bonds is 16. The molecule has 262 valence electrons. The number of nitrogens with zero attached hydrogens (tertiary/aromatic N) is 1. The van der Waals surface area contributed by atoms with Gasteiger partial charge in [0.05, 0.1) is 4.90 Å². The van der Waals surface area contributed by atoms with Gasteiger partial charge in [-0.05, 0) is 104 Å². The molecule has 4 N–H and O–H groups in total. The molecule has 0 bridgehead atoms. The molecule has 10 heteroatoms. The number of aryl methyl sites for hydroxylation is 2. The lowest BCUT2D eigenvalue weighted by Gasteiger charge is -2.23. The van der Waals surface area contributed by atoms with Crippen molar-refractivity contribution in [3.63, 3.8) is 0 Å². The van der Waals surface area contributed by atoms with E-state index in [0.717, 1.165) is 66.7 Å². The summed E-state index contributed by atoms with van der Waals surface area (Å²) in [6.07, 6.45) is 5.57. The van der Waals surface area contributed by atoms with Crippen LogP contribution in [0, 0.1) is 13.8 Å². The summed E-state index contributed by atoms with van der Waals surface area (Å²) in [4.78, 5) is 27.8. The number of carboxylic acid groups (broad SMARTS) is 1. The third-order valence-corrected chi connectivity index (χ3v) is 9.69. The number of hydrogen-bond acceptors (Lipinski definition) is 6. The zero-order chi connectivity index (χ0) is 35.8. The van der Waals surface area contributed by atoms with Crippen molar-refractivity contribution in [2.75, 3.05) is 25.1 Å². The van der Waals surface area contributed by atoms with Crippen molar-refractivity contribution in [2.24, 2.45) is 5.14 Å². The number of carbonyl (C=O) groups is 2. The van der Waals surface area contributed by atoms with E-state index in [0.29, 0.717) is 17.7 Å². The molecule has 49 heavy (non-hydrogen) atoms.